The molecular formula is C12H10BrNO2. The lowest BCUT2D eigenvalue weighted by atomic mass is 10.2. The molecule has 1 heterocycles. The van der Waals surface area contributed by atoms with Crippen molar-refractivity contribution in [3.63, 3.8) is 0 Å². The van der Waals surface area contributed by atoms with Crippen molar-refractivity contribution < 1.29 is 9.53 Å². The summed E-state index contributed by atoms with van der Waals surface area (Å²) in [6.07, 6.45) is 3.89. The first-order valence-electron chi connectivity index (χ1n) is 4.73. The Hall–Kier alpha value is -1.55. The van der Waals surface area contributed by atoms with Gasteiger partial charge >= 0.3 is 5.97 Å². The maximum absolute atomic E-state index is 11.4. The van der Waals surface area contributed by atoms with E-state index in [1.54, 1.807) is 6.07 Å². The predicted octanol–water partition coefficient (Wildman–Crippen LogP) is 3.03. The van der Waals surface area contributed by atoms with Gasteiger partial charge in [0.25, 0.3) is 0 Å². The summed E-state index contributed by atoms with van der Waals surface area (Å²) in [6, 6.07) is 9.39. The largest absolute Gasteiger partial charge is 0.465 e. The quantitative estimate of drug-likeness (QED) is 0.792. The maximum atomic E-state index is 11.4. The fourth-order valence-electron chi connectivity index (χ4n) is 1.45. The maximum Gasteiger partial charge on any atom is 0.339 e. The number of carbonyl (C=O) groups excluding carboxylic acids is 1. The molecule has 4 heteroatoms. The van der Waals surface area contributed by atoms with Gasteiger partial charge in [-0.05, 0) is 46.3 Å². The lowest BCUT2D eigenvalue weighted by Crippen LogP contribution is -2.03. The Kier molecular flexibility index (Phi) is 3.10. The molecule has 0 bridgehead atoms. The third kappa shape index (κ3) is 2.02. The summed E-state index contributed by atoms with van der Waals surface area (Å²) in [6.45, 7) is 0. The van der Waals surface area contributed by atoms with E-state index in [0.717, 1.165) is 10.2 Å². The molecule has 82 valence electrons. The zero-order valence-electron chi connectivity index (χ0n) is 8.68. The lowest BCUT2D eigenvalue weighted by Gasteiger charge is -2.06. The number of benzene rings is 1. The Morgan fingerprint density at radius 1 is 1.31 bits per heavy atom. The highest BCUT2D eigenvalue weighted by atomic mass is 79.9. The average molecular weight is 280 g/mol. The normalized spacial score (nSPS) is 10.1. The van der Waals surface area contributed by atoms with Crippen molar-refractivity contribution in [2.24, 2.45) is 0 Å². The number of halogens is 1. The van der Waals surface area contributed by atoms with Crippen LogP contribution in [0.2, 0.25) is 0 Å². The molecule has 0 fully saturated rings. The van der Waals surface area contributed by atoms with Crippen molar-refractivity contribution in [3.05, 3.63) is 52.8 Å². The molecule has 2 rings (SSSR count). The van der Waals surface area contributed by atoms with Gasteiger partial charge in [0, 0.05) is 22.6 Å². The van der Waals surface area contributed by atoms with Gasteiger partial charge in [0.1, 0.15) is 0 Å². The number of rotatable bonds is 2. The van der Waals surface area contributed by atoms with E-state index in [0.29, 0.717) is 5.56 Å². The van der Waals surface area contributed by atoms with Gasteiger partial charge in [0.15, 0.2) is 0 Å². The van der Waals surface area contributed by atoms with Crippen LogP contribution in [0.25, 0.3) is 5.69 Å². The number of hydrogen-bond donors (Lipinski definition) is 0. The Balaban J connectivity index is 2.41. The minimum Gasteiger partial charge on any atom is -0.465 e. The molecule has 0 aliphatic heterocycles. The van der Waals surface area contributed by atoms with E-state index >= 15 is 0 Å². The molecule has 3 nitrogen and oxygen atoms in total. The molecule has 0 saturated heterocycles. The van der Waals surface area contributed by atoms with Crippen LogP contribution in [0.3, 0.4) is 0 Å². The van der Waals surface area contributed by atoms with Gasteiger partial charge in [-0.3, -0.25) is 0 Å². The van der Waals surface area contributed by atoms with E-state index in [-0.39, 0.29) is 5.97 Å². The molecule has 1 aromatic carbocycles. The average Bonchev–Trinajstić information content (AvgIpc) is 2.81. The molecule has 0 spiro atoms. The molecule has 0 aliphatic carbocycles. The third-order valence-corrected chi connectivity index (χ3v) is 2.92. The Labute approximate surface area is 102 Å². The zero-order valence-corrected chi connectivity index (χ0v) is 10.3. The highest BCUT2D eigenvalue weighted by Gasteiger charge is 2.10. The molecule has 0 radical (unpaired) electrons. The number of ether oxygens (including phenoxy) is 1. The Morgan fingerprint density at radius 3 is 2.56 bits per heavy atom. The van der Waals surface area contributed by atoms with Crippen molar-refractivity contribution in [3.8, 4) is 5.69 Å². The summed E-state index contributed by atoms with van der Waals surface area (Å²) >= 11 is 3.36. The number of nitrogens with zero attached hydrogens (tertiary/aromatic N) is 1. The summed E-state index contributed by atoms with van der Waals surface area (Å²) in [5.74, 6) is -0.342. The summed E-state index contributed by atoms with van der Waals surface area (Å²) < 4.78 is 7.36. The second-order valence-electron chi connectivity index (χ2n) is 3.25. The number of carbonyl (C=O) groups is 1. The van der Waals surface area contributed by atoms with Crippen LogP contribution in [0.4, 0.5) is 0 Å². The van der Waals surface area contributed by atoms with Crippen molar-refractivity contribution in [1.82, 2.24) is 4.57 Å². The van der Waals surface area contributed by atoms with E-state index in [4.69, 9.17) is 0 Å². The van der Waals surface area contributed by atoms with Gasteiger partial charge < -0.3 is 9.30 Å². The SMILES string of the molecule is COC(=O)c1ccc(-n2cccc2)cc1Br. The first-order chi connectivity index (χ1) is 7.72. The smallest absolute Gasteiger partial charge is 0.339 e. The van der Waals surface area contributed by atoms with Crippen LogP contribution < -0.4 is 0 Å². The van der Waals surface area contributed by atoms with Gasteiger partial charge in [-0.2, -0.15) is 0 Å². The van der Waals surface area contributed by atoms with Crippen molar-refractivity contribution in [2.75, 3.05) is 7.11 Å². The van der Waals surface area contributed by atoms with E-state index in [1.165, 1.54) is 7.11 Å². The van der Waals surface area contributed by atoms with Gasteiger partial charge in [-0.25, -0.2) is 4.79 Å². The fourth-order valence-corrected chi connectivity index (χ4v) is 1.98. The number of aromatic nitrogens is 1. The third-order valence-electron chi connectivity index (χ3n) is 2.26. The number of methoxy groups -OCH3 is 1. The van der Waals surface area contributed by atoms with Crippen LogP contribution >= 0.6 is 15.9 Å². The van der Waals surface area contributed by atoms with E-state index in [2.05, 4.69) is 20.7 Å². The van der Waals surface area contributed by atoms with Gasteiger partial charge in [-0.1, -0.05) is 0 Å². The molecule has 0 unspecified atom stereocenters. The summed E-state index contributed by atoms with van der Waals surface area (Å²) in [5, 5.41) is 0. The number of hydrogen-bond acceptors (Lipinski definition) is 2. The van der Waals surface area contributed by atoms with Crippen molar-refractivity contribution >= 4 is 21.9 Å². The van der Waals surface area contributed by atoms with Crippen LogP contribution in [-0.2, 0) is 4.74 Å². The molecule has 0 atom stereocenters. The van der Waals surface area contributed by atoms with Crippen molar-refractivity contribution in [2.45, 2.75) is 0 Å². The minimum atomic E-state index is -0.342. The van der Waals surface area contributed by atoms with E-state index in [9.17, 15) is 4.79 Å². The second kappa shape index (κ2) is 4.53. The summed E-state index contributed by atoms with van der Waals surface area (Å²) in [4.78, 5) is 11.4. The zero-order chi connectivity index (χ0) is 11.5. The first kappa shape index (κ1) is 11.0. The Morgan fingerprint density at radius 2 is 2.00 bits per heavy atom. The highest BCUT2D eigenvalue weighted by Crippen LogP contribution is 2.21. The van der Waals surface area contributed by atoms with E-state index in [1.807, 2.05) is 41.2 Å². The fraction of sp³-hybridized carbons (Fsp3) is 0.0833. The van der Waals surface area contributed by atoms with Gasteiger partial charge in [-0.15, -0.1) is 0 Å². The standard InChI is InChI=1S/C12H10BrNO2/c1-16-12(15)10-5-4-9(8-11(10)13)14-6-2-3-7-14/h2-8H,1H3. The summed E-state index contributed by atoms with van der Waals surface area (Å²) in [5.41, 5.74) is 1.52. The highest BCUT2D eigenvalue weighted by molar-refractivity contribution is 9.10. The molecular weight excluding hydrogens is 270 g/mol. The molecule has 2 aromatic rings. The second-order valence-corrected chi connectivity index (χ2v) is 4.10. The summed E-state index contributed by atoms with van der Waals surface area (Å²) in [7, 11) is 1.37. The number of esters is 1. The first-order valence-corrected chi connectivity index (χ1v) is 5.53. The molecule has 1 aromatic heterocycles. The monoisotopic (exact) mass is 279 g/mol. The lowest BCUT2D eigenvalue weighted by molar-refractivity contribution is 0.0599. The molecule has 0 saturated carbocycles. The molecule has 0 N–H and O–H groups in total. The van der Waals surface area contributed by atoms with Crippen molar-refractivity contribution in [1.29, 1.82) is 0 Å². The van der Waals surface area contributed by atoms with Gasteiger partial charge in [0.05, 0.1) is 12.7 Å². The van der Waals surface area contributed by atoms with Crippen LogP contribution in [0.15, 0.2) is 47.2 Å². The topological polar surface area (TPSA) is 31.2 Å². The van der Waals surface area contributed by atoms with Crippen LogP contribution in [0, 0.1) is 0 Å². The van der Waals surface area contributed by atoms with E-state index < -0.39 is 0 Å². The Bertz CT molecular complexity index is 506. The minimum absolute atomic E-state index is 0.342. The molecule has 0 aliphatic rings. The molecule has 0 amide bonds. The van der Waals surface area contributed by atoms with Crippen LogP contribution in [0.5, 0.6) is 0 Å². The van der Waals surface area contributed by atoms with Crippen LogP contribution in [-0.4, -0.2) is 17.6 Å². The van der Waals surface area contributed by atoms with Crippen LogP contribution in [0.1, 0.15) is 10.4 Å². The predicted molar refractivity (Wildman–Crippen MR) is 64.8 cm³/mol. The molecule has 16 heavy (non-hydrogen) atoms. The van der Waals surface area contributed by atoms with Gasteiger partial charge in [0.2, 0.25) is 0 Å².